The molecule has 0 spiro atoms. The Bertz CT molecular complexity index is 799. The molecule has 0 radical (unpaired) electrons. The van der Waals surface area contributed by atoms with E-state index in [9.17, 15) is 9.90 Å². The summed E-state index contributed by atoms with van der Waals surface area (Å²) in [6.45, 7) is 1.92. The lowest BCUT2D eigenvalue weighted by Gasteiger charge is -2.35. The van der Waals surface area contributed by atoms with Gasteiger partial charge in [0.2, 0.25) is 0 Å². The Morgan fingerprint density at radius 2 is 1.92 bits per heavy atom. The molecule has 0 saturated carbocycles. The minimum absolute atomic E-state index is 0.0715. The smallest absolute Gasteiger partial charge is 0.255 e. The lowest BCUT2D eigenvalue weighted by molar-refractivity contribution is -0.115. The number of phenols is 1. The van der Waals surface area contributed by atoms with E-state index in [0.717, 1.165) is 11.1 Å². The van der Waals surface area contributed by atoms with Crippen LogP contribution in [-0.4, -0.2) is 18.1 Å². The molecule has 24 heavy (non-hydrogen) atoms. The molecule has 124 valence electrons. The number of carbonyl (C=O) groups excluding carboxylic acids is 1. The van der Waals surface area contributed by atoms with Gasteiger partial charge in [-0.05, 0) is 42.3 Å². The summed E-state index contributed by atoms with van der Waals surface area (Å²) in [5.74, 6) is 0.462. The Labute approximate surface area is 145 Å². The minimum Gasteiger partial charge on any atom is -0.506 e. The highest BCUT2D eigenvalue weighted by atomic mass is 35.5. The standard InChI is InChI=1S/C19H18ClNO3/c1-12-3-8-18(22)17(9-12)21-16(10-15(24-2)11-19(21)23)13-4-6-14(20)7-5-13/h3-9,11,16,22H,10H2,1-2H3/t16-/m1/s1. The first-order chi connectivity index (χ1) is 11.5. The van der Waals surface area contributed by atoms with Gasteiger partial charge in [0.15, 0.2) is 0 Å². The van der Waals surface area contributed by atoms with Crippen molar-refractivity contribution in [1.29, 1.82) is 0 Å². The molecule has 0 saturated heterocycles. The largest absolute Gasteiger partial charge is 0.506 e. The summed E-state index contributed by atoms with van der Waals surface area (Å²) in [5.41, 5.74) is 2.38. The average Bonchev–Trinajstić information content (AvgIpc) is 2.57. The van der Waals surface area contributed by atoms with Crippen molar-refractivity contribution in [3.05, 3.63) is 70.4 Å². The van der Waals surface area contributed by atoms with Gasteiger partial charge in [-0.3, -0.25) is 9.69 Å². The van der Waals surface area contributed by atoms with Gasteiger partial charge in [-0.2, -0.15) is 0 Å². The number of phenolic OH excluding ortho intramolecular Hbond substituents is 1. The van der Waals surface area contributed by atoms with E-state index in [2.05, 4.69) is 0 Å². The second kappa shape index (κ2) is 6.57. The van der Waals surface area contributed by atoms with E-state index in [-0.39, 0.29) is 17.7 Å². The summed E-state index contributed by atoms with van der Waals surface area (Å²) >= 11 is 5.98. The average molecular weight is 344 g/mol. The van der Waals surface area contributed by atoms with Crippen LogP contribution in [0.2, 0.25) is 5.02 Å². The first-order valence-electron chi connectivity index (χ1n) is 7.62. The zero-order valence-electron chi connectivity index (χ0n) is 13.5. The summed E-state index contributed by atoms with van der Waals surface area (Å²) < 4.78 is 5.30. The summed E-state index contributed by atoms with van der Waals surface area (Å²) in [6, 6.07) is 12.3. The van der Waals surface area contributed by atoms with Crippen LogP contribution in [0.3, 0.4) is 0 Å². The number of rotatable bonds is 3. The number of aromatic hydroxyl groups is 1. The molecule has 1 aliphatic rings. The quantitative estimate of drug-likeness (QED) is 0.900. The van der Waals surface area contributed by atoms with Crippen molar-refractivity contribution in [2.24, 2.45) is 0 Å². The van der Waals surface area contributed by atoms with Gasteiger partial charge in [0.1, 0.15) is 11.5 Å². The SMILES string of the molecule is COC1=CC(=O)N(c2cc(C)ccc2O)[C@@H](c2ccc(Cl)cc2)C1. The normalized spacial score (nSPS) is 17.6. The number of nitrogens with zero attached hydrogens (tertiary/aromatic N) is 1. The number of amides is 1. The number of ether oxygens (including phenoxy) is 1. The molecule has 4 nitrogen and oxygen atoms in total. The van der Waals surface area contributed by atoms with Crippen LogP contribution in [0.1, 0.15) is 23.6 Å². The Balaban J connectivity index is 2.11. The Morgan fingerprint density at radius 1 is 1.21 bits per heavy atom. The third-order valence-electron chi connectivity index (χ3n) is 4.14. The van der Waals surface area contributed by atoms with Crippen molar-refractivity contribution in [3.63, 3.8) is 0 Å². The lowest BCUT2D eigenvalue weighted by atomic mass is 9.96. The summed E-state index contributed by atoms with van der Waals surface area (Å²) in [5, 5.41) is 10.9. The minimum atomic E-state index is -0.276. The van der Waals surface area contributed by atoms with E-state index < -0.39 is 0 Å². The van der Waals surface area contributed by atoms with Crippen LogP contribution in [0.4, 0.5) is 5.69 Å². The third-order valence-corrected chi connectivity index (χ3v) is 4.39. The fourth-order valence-corrected chi connectivity index (χ4v) is 3.03. The Morgan fingerprint density at radius 3 is 2.58 bits per heavy atom. The van der Waals surface area contributed by atoms with Gasteiger partial charge in [0.05, 0.1) is 18.8 Å². The molecule has 1 aliphatic heterocycles. The highest BCUT2D eigenvalue weighted by Crippen LogP contribution is 2.40. The number of hydrogen-bond acceptors (Lipinski definition) is 3. The van der Waals surface area contributed by atoms with E-state index in [4.69, 9.17) is 16.3 Å². The number of aryl methyl sites for hydroxylation is 1. The van der Waals surface area contributed by atoms with E-state index in [1.807, 2.05) is 25.1 Å². The van der Waals surface area contributed by atoms with Crippen molar-refractivity contribution in [2.75, 3.05) is 12.0 Å². The number of halogens is 1. The first-order valence-corrected chi connectivity index (χ1v) is 8.00. The maximum absolute atomic E-state index is 12.7. The van der Waals surface area contributed by atoms with E-state index >= 15 is 0 Å². The molecular weight excluding hydrogens is 326 g/mol. The van der Waals surface area contributed by atoms with Crippen LogP contribution in [0, 0.1) is 6.92 Å². The van der Waals surface area contributed by atoms with Crippen molar-refractivity contribution < 1.29 is 14.6 Å². The first kappa shape index (κ1) is 16.4. The van der Waals surface area contributed by atoms with E-state index in [1.54, 1.807) is 36.3 Å². The van der Waals surface area contributed by atoms with Gasteiger partial charge in [-0.1, -0.05) is 29.8 Å². The maximum atomic E-state index is 12.7. The molecule has 1 atom stereocenters. The zero-order valence-corrected chi connectivity index (χ0v) is 14.2. The molecule has 0 unspecified atom stereocenters. The molecular formula is C19H18ClNO3. The molecule has 2 aromatic carbocycles. The van der Waals surface area contributed by atoms with Crippen molar-refractivity contribution >= 4 is 23.2 Å². The molecule has 1 heterocycles. The second-order valence-corrected chi connectivity index (χ2v) is 6.22. The molecule has 0 aliphatic carbocycles. The molecule has 1 amide bonds. The van der Waals surface area contributed by atoms with Crippen LogP contribution in [0.5, 0.6) is 5.75 Å². The van der Waals surface area contributed by atoms with Crippen LogP contribution in [0.25, 0.3) is 0 Å². The molecule has 0 fully saturated rings. The fraction of sp³-hybridized carbons (Fsp3) is 0.211. The third kappa shape index (κ3) is 3.10. The second-order valence-electron chi connectivity index (χ2n) is 5.79. The lowest BCUT2D eigenvalue weighted by Crippen LogP contribution is -2.37. The predicted molar refractivity (Wildman–Crippen MR) is 94.2 cm³/mol. The van der Waals surface area contributed by atoms with Gasteiger partial charge in [-0.25, -0.2) is 0 Å². The molecule has 5 heteroatoms. The van der Waals surface area contributed by atoms with Gasteiger partial charge in [-0.15, -0.1) is 0 Å². The van der Waals surface area contributed by atoms with Crippen LogP contribution in [-0.2, 0) is 9.53 Å². The van der Waals surface area contributed by atoms with Crippen LogP contribution >= 0.6 is 11.6 Å². The Kier molecular flexibility index (Phi) is 4.49. The van der Waals surface area contributed by atoms with Crippen molar-refractivity contribution in [3.8, 4) is 5.75 Å². The number of anilines is 1. The van der Waals surface area contributed by atoms with Gasteiger partial charge in [0, 0.05) is 17.5 Å². The highest BCUT2D eigenvalue weighted by Gasteiger charge is 2.33. The van der Waals surface area contributed by atoms with Gasteiger partial charge < -0.3 is 9.84 Å². The number of hydrogen-bond donors (Lipinski definition) is 1. The van der Waals surface area contributed by atoms with E-state index in [0.29, 0.717) is 22.9 Å². The predicted octanol–water partition coefficient (Wildman–Crippen LogP) is 4.36. The molecule has 0 bridgehead atoms. The topological polar surface area (TPSA) is 49.8 Å². The number of benzene rings is 2. The van der Waals surface area contributed by atoms with Crippen molar-refractivity contribution in [1.82, 2.24) is 0 Å². The summed E-state index contributed by atoms with van der Waals surface area (Å²) in [7, 11) is 1.55. The molecule has 1 N–H and O–H groups in total. The monoisotopic (exact) mass is 343 g/mol. The van der Waals surface area contributed by atoms with Crippen LogP contribution < -0.4 is 4.90 Å². The van der Waals surface area contributed by atoms with Crippen molar-refractivity contribution in [2.45, 2.75) is 19.4 Å². The summed E-state index contributed by atoms with van der Waals surface area (Å²) in [4.78, 5) is 14.3. The zero-order chi connectivity index (χ0) is 17.3. The maximum Gasteiger partial charge on any atom is 0.255 e. The van der Waals surface area contributed by atoms with Gasteiger partial charge in [0.25, 0.3) is 5.91 Å². The highest BCUT2D eigenvalue weighted by molar-refractivity contribution is 6.30. The molecule has 0 aromatic heterocycles. The fourth-order valence-electron chi connectivity index (χ4n) is 2.91. The summed E-state index contributed by atoms with van der Waals surface area (Å²) in [6.07, 6.45) is 1.99. The molecule has 3 rings (SSSR count). The number of methoxy groups -OCH3 is 1. The van der Waals surface area contributed by atoms with Gasteiger partial charge >= 0.3 is 0 Å². The van der Waals surface area contributed by atoms with E-state index in [1.165, 1.54) is 6.08 Å². The van der Waals surface area contributed by atoms with Crippen LogP contribution in [0.15, 0.2) is 54.3 Å². The number of carbonyl (C=O) groups is 1. The Hall–Kier alpha value is -2.46. The molecule has 2 aromatic rings.